The van der Waals surface area contributed by atoms with Crippen molar-refractivity contribution in [3.05, 3.63) is 45.8 Å². The lowest BCUT2D eigenvalue weighted by molar-refractivity contribution is -0.127. The topological polar surface area (TPSA) is 90.0 Å². The molecule has 8 nitrogen and oxygen atoms in total. The van der Waals surface area contributed by atoms with Gasteiger partial charge < -0.3 is 15.1 Å². The fourth-order valence-corrected chi connectivity index (χ4v) is 5.36. The lowest BCUT2D eigenvalue weighted by atomic mass is 9.72. The van der Waals surface area contributed by atoms with E-state index < -0.39 is 5.41 Å². The molecule has 1 aliphatic rings. The molecular formula is C24H31BrClN7O. The third-order valence-corrected chi connectivity index (χ3v) is 7.70. The molecule has 0 unspecified atom stereocenters. The highest BCUT2D eigenvalue weighted by Crippen LogP contribution is 2.39. The molecule has 0 aliphatic carbocycles. The van der Waals surface area contributed by atoms with Crippen LogP contribution >= 0.6 is 27.5 Å². The number of benzene rings is 1. The Hall–Kier alpha value is -2.23. The zero-order valence-corrected chi connectivity index (χ0v) is 22.0. The van der Waals surface area contributed by atoms with Crippen molar-refractivity contribution >= 4 is 50.3 Å². The Morgan fingerprint density at radius 2 is 1.91 bits per heavy atom. The lowest BCUT2D eigenvalue weighted by Crippen LogP contribution is -2.52. The minimum absolute atomic E-state index is 0.0892. The number of hydrogen-bond acceptors (Lipinski definition) is 6. The first-order valence-electron chi connectivity index (χ1n) is 11.8. The number of amides is 1. The van der Waals surface area contributed by atoms with Crippen molar-refractivity contribution in [2.75, 3.05) is 44.2 Å². The number of hydrogen-bond donors (Lipinski definition) is 2. The molecule has 0 spiro atoms. The second-order valence-corrected chi connectivity index (χ2v) is 9.84. The van der Waals surface area contributed by atoms with E-state index in [0.29, 0.717) is 47.7 Å². The summed E-state index contributed by atoms with van der Waals surface area (Å²) in [7, 11) is 0. The largest absolute Gasteiger partial charge is 0.356 e. The number of nitrogens with zero attached hydrogens (tertiary/aromatic N) is 5. The summed E-state index contributed by atoms with van der Waals surface area (Å²) in [5.74, 6) is 0.918. The van der Waals surface area contributed by atoms with E-state index in [1.54, 1.807) is 6.33 Å². The fraction of sp³-hybridized carbons (Fsp3) is 0.500. The molecule has 10 heteroatoms. The molecule has 0 atom stereocenters. The summed E-state index contributed by atoms with van der Waals surface area (Å²) in [6.45, 7) is 9.42. The van der Waals surface area contributed by atoms with Gasteiger partial charge in [-0.15, -0.1) is 0 Å². The number of fused-ring (bicyclic) bond motifs is 1. The van der Waals surface area contributed by atoms with E-state index in [4.69, 9.17) is 11.6 Å². The molecule has 0 bridgehead atoms. The molecule has 182 valence electrons. The molecular weight excluding hydrogens is 518 g/mol. The van der Waals surface area contributed by atoms with Crippen LogP contribution in [0.4, 0.5) is 5.82 Å². The van der Waals surface area contributed by atoms with Crippen LogP contribution in [0.25, 0.3) is 11.0 Å². The van der Waals surface area contributed by atoms with E-state index in [9.17, 15) is 4.79 Å². The minimum atomic E-state index is -0.601. The van der Waals surface area contributed by atoms with Crippen LogP contribution in [0.15, 0.2) is 35.2 Å². The molecule has 34 heavy (non-hydrogen) atoms. The normalized spacial score (nSPS) is 15.7. The Morgan fingerprint density at radius 3 is 2.59 bits per heavy atom. The number of carbonyl (C=O) groups is 1. The van der Waals surface area contributed by atoms with E-state index >= 15 is 0 Å². The molecule has 3 heterocycles. The van der Waals surface area contributed by atoms with Gasteiger partial charge in [-0.25, -0.2) is 9.97 Å². The zero-order chi connectivity index (χ0) is 24.1. The van der Waals surface area contributed by atoms with Gasteiger partial charge in [0.2, 0.25) is 5.91 Å². The summed E-state index contributed by atoms with van der Waals surface area (Å²) < 4.78 is 0.693. The highest BCUT2D eigenvalue weighted by atomic mass is 79.9. The van der Waals surface area contributed by atoms with Crippen molar-refractivity contribution in [3.63, 3.8) is 0 Å². The zero-order valence-electron chi connectivity index (χ0n) is 19.7. The number of carbonyl (C=O) groups excluding carboxylic acids is 1. The van der Waals surface area contributed by atoms with Gasteiger partial charge in [-0.3, -0.25) is 9.89 Å². The van der Waals surface area contributed by atoms with Crippen LogP contribution in [0, 0.1) is 0 Å². The first-order valence-corrected chi connectivity index (χ1v) is 13.0. The van der Waals surface area contributed by atoms with Crippen molar-refractivity contribution in [1.29, 1.82) is 0 Å². The average Bonchev–Trinajstić information content (AvgIpc) is 3.25. The molecule has 0 saturated carbocycles. The first kappa shape index (κ1) is 24.9. The fourth-order valence-electron chi connectivity index (χ4n) is 4.78. The van der Waals surface area contributed by atoms with Gasteiger partial charge in [-0.05, 0) is 72.5 Å². The quantitative estimate of drug-likeness (QED) is 0.391. The Bertz CT molecular complexity index is 1110. The van der Waals surface area contributed by atoms with Gasteiger partial charge in [0.1, 0.15) is 16.7 Å². The predicted molar refractivity (Wildman–Crippen MR) is 139 cm³/mol. The second-order valence-electron chi connectivity index (χ2n) is 8.65. The number of H-pyrrole nitrogens is 1. The van der Waals surface area contributed by atoms with Crippen molar-refractivity contribution in [3.8, 4) is 0 Å². The highest BCUT2D eigenvalue weighted by Gasteiger charge is 2.43. The van der Waals surface area contributed by atoms with Gasteiger partial charge in [0.15, 0.2) is 5.65 Å². The molecule has 1 saturated heterocycles. The number of aromatic amines is 1. The van der Waals surface area contributed by atoms with Gasteiger partial charge in [-0.2, -0.15) is 5.10 Å². The maximum Gasteiger partial charge on any atom is 0.230 e. The van der Waals surface area contributed by atoms with Crippen LogP contribution in [-0.4, -0.2) is 70.2 Å². The van der Waals surface area contributed by atoms with Gasteiger partial charge in [-0.1, -0.05) is 37.6 Å². The Balaban J connectivity index is 1.52. The maximum absolute atomic E-state index is 13.6. The number of rotatable bonds is 9. The number of aromatic nitrogens is 4. The van der Waals surface area contributed by atoms with Gasteiger partial charge in [0, 0.05) is 24.7 Å². The Kier molecular flexibility index (Phi) is 8.06. The van der Waals surface area contributed by atoms with Crippen LogP contribution in [0.3, 0.4) is 0 Å². The van der Waals surface area contributed by atoms with Crippen molar-refractivity contribution < 1.29 is 4.79 Å². The van der Waals surface area contributed by atoms with Crippen molar-refractivity contribution in [1.82, 2.24) is 30.4 Å². The summed E-state index contributed by atoms with van der Waals surface area (Å²) in [6, 6.07) is 7.72. The van der Waals surface area contributed by atoms with Crippen LogP contribution in [0.5, 0.6) is 0 Å². The SMILES string of the molecule is CCN(CC)CCCNC(=O)C1(c2ccc(Cl)cc2)CCN(c2ncnc3[nH]nc(Br)c23)CC1. The number of piperidine rings is 1. The molecule has 1 fully saturated rings. The monoisotopic (exact) mass is 547 g/mol. The van der Waals surface area contributed by atoms with Crippen molar-refractivity contribution in [2.24, 2.45) is 0 Å². The van der Waals surface area contributed by atoms with Crippen LogP contribution in [-0.2, 0) is 10.2 Å². The number of halogens is 2. The Labute approximate surface area is 213 Å². The van der Waals surface area contributed by atoms with E-state index in [0.717, 1.165) is 42.8 Å². The number of nitrogens with one attached hydrogen (secondary N) is 2. The number of anilines is 1. The molecule has 1 aliphatic heterocycles. The summed E-state index contributed by atoms with van der Waals surface area (Å²) >= 11 is 9.66. The average molecular weight is 549 g/mol. The predicted octanol–water partition coefficient (Wildman–Crippen LogP) is 4.16. The smallest absolute Gasteiger partial charge is 0.230 e. The van der Waals surface area contributed by atoms with E-state index in [1.165, 1.54) is 0 Å². The maximum atomic E-state index is 13.6. The summed E-state index contributed by atoms with van der Waals surface area (Å²) in [6.07, 6.45) is 3.84. The van der Waals surface area contributed by atoms with Gasteiger partial charge >= 0.3 is 0 Å². The lowest BCUT2D eigenvalue weighted by Gasteiger charge is -2.41. The van der Waals surface area contributed by atoms with Crippen LogP contribution in [0.2, 0.25) is 5.02 Å². The van der Waals surface area contributed by atoms with Crippen LogP contribution < -0.4 is 10.2 Å². The van der Waals surface area contributed by atoms with Crippen molar-refractivity contribution in [2.45, 2.75) is 38.5 Å². The highest BCUT2D eigenvalue weighted by molar-refractivity contribution is 9.10. The first-order chi connectivity index (χ1) is 16.5. The minimum Gasteiger partial charge on any atom is -0.356 e. The molecule has 4 rings (SSSR count). The van der Waals surface area contributed by atoms with E-state index in [2.05, 4.69) is 65.1 Å². The third-order valence-electron chi connectivity index (χ3n) is 6.87. The molecule has 1 aromatic carbocycles. The Morgan fingerprint density at radius 1 is 1.21 bits per heavy atom. The van der Waals surface area contributed by atoms with Gasteiger partial charge in [0.25, 0.3) is 0 Å². The van der Waals surface area contributed by atoms with E-state index in [1.807, 2.05) is 24.3 Å². The van der Waals surface area contributed by atoms with Gasteiger partial charge in [0.05, 0.1) is 10.8 Å². The van der Waals surface area contributed by atoms with Crippen LogP contribution in [0.1, 0.15) is 38.7 Å². The summed E-state index contributed by atoms with van der Waals surface area (Å²) in [5.41, 5.74) is 1.10. The molecule has 1 amide bonds. The molecule has 0 radical (unpaired) electrons. The molecule has 3 aromatic rings. The second kappa shape index (κ2) is 11.0. The standard InChI is InChI=1S/C24H31BrClN7O/c1-3-32(4-2)13-5-12-27-23(34)24(17-6-8-18(26)9-7-17)10-14-33(15-11-24)22-19-20(25)30-31-21(19)28-16-29-22/h6-9,16H,3-5,10-15H2,1-2H3,(H,27,34)(H,28,29,30,31). The molecule has 2 N–H and O–H groups in total. The summed E-state index contributed by atoms with van der Waals surface area (Å²) in [5, 5.41) is 11.9. The van der Waals surface area contributed by atoms with E-state index in [-0.39, 0.29) is 5.91 Å². The summed E-state index contributed by atoms with van der Waals surface area (Å²) in [4.78, 5) is 27.0. The molecule has 2 aromatic heterocycles. The third kappa shape index (κ3) is 5.06.